The van der Waals surface area contributed by atoms with Crippen LogP contribution in [-0.2, 0) is 4.79 Å². The van der Waals surface area contributed by atoms with Gasteiger partial charge in [-0.25, -0.2) is 0 Å². The van der Waals surface area contributed by atoms with E-state index < -0.39 is 0 Å². The molecule has 244 valence electrons. The zero-order valence-electron chi connectivity index (χ0n) is 28.2. The van der Waals surface area contributed by atoms with Crippen LogP contribution in [0.2, 0.25) is 0 Å². The van der Waals surface area contributed by atoms with E-state index in [1.807, 2.05) is 0 Å². The van der Waals surface area contributed by atoms with Crippen LogP contribution in [0, 0.1) is 11.8 Å². The van der Waals surface area contributed by atoms with Crippen molar-refractivity contribution in [2.45, 2.75) is 154 Å². The van der Waals surface area contributed by atoms with Crippen LogP contribution in [0.3, 0.4) is 0 Å². The molecule has 3 heteroatoms. The Morgan fingerprint density at radius 3 is 1.30 bits per heavy atom. The molecule has 44 heavy (non-hydrogen) atoms. The lowest BCUT2D eigenvalue weighted by Crippen LogP contribution is -2.13. The highest BCUT2D eigenvalue weighted by Crippen LogP contribution is 2.39. The van der Waals surface area contributed by atoms with Gasteiger partial charge in [-0.1, -0.05) is 76.6 Å². The molecule has 2 fully saturated rings. The van der Waals surface area contributed by atoms with Crippen LogP contribution >= 0.6 is 0 Å². The molecular weight excluding hydrogens is 540 g/mol. The summed E-state index contributed by atoms with van der Waals surface area (Å²) in [5.41, 5.74) is 2.97. The third kappa shape index (κ3) is 12.2. The van der Waals surface area contributed by atoms with Crippen LogP contribution in [0.25, 0.3) is 0 Å². The van der Waals surface area contributed by atoms with E-state index in [1.165, 1.54) is 101 Å². The number of carbonyl (C=O) groups excluding carboxylic acids is 1. The minimum Gasteiger partial charge on any atom is -0.494 e. The Kier molecular flexibility index (Phi) is 15.7. The van der Waals surface area contributed by atoms with Crippen molar-refractivity contribution in [2.75, 3.05) is 13.2 Å². The lowest BCUT2D eigenvalue weighted by molar-refractivity contribution is -0.119. The van der Waals surface area contributed by atoms with Crippen LogP contribution in [0.1, 0.15) is 165 Å². The number of unbranched alkanes of at least 4 members (excludes halogenated alkanes) is 4. The first-order chi connectivity index (χ1) is 21.6. The van der Waals surface area contributed by atoms with Gasteiger partial charge in [-0.15, -0.1) is 0 Å². The highest BCUT2D eigenvalue weighted by molar-refractivity contribution is 5.78. The van der Waals surface area contributed by atoms with Crippen LogP contribution < -0.4 is 9.47 Å². The highest BCUT2D eigenvalue weighted by atomic mass is 16.5. The first-order valence-electron chi connectivity index (χ1n) is 18.6. The summed E-state index contributed by atoms with van der Waals surface area (Å²) in [6, 6.07) is 17.8. The van der Waals surface area contributed by atoms with Crippen molar-refractivity contribution < 1.29 is 14.3 Å². The number of hydrogen-bond donors (Lipinski definition) is 0. The summed E-state index contributed by atoms with van der Waals surface area (Å²) < 4.78 is 11.7. The summed E-state index contributed by atoms with van der Waals surface area (Å²) in [5.74, 6) is 5.65. The minimum absolute atomic E-state index is 0.502. The van der Waals surface area contributed by atoms with Gasteiger partial charge in [-0.05, 0) is 136 Å². The van der Waals surface area contributed by atoms with E-state index in [0.29, 0.717) is 17.6 Å². The van der Waals surface area contributed by atoms with Crippen LogP contribution in [0.4, 0.5) is 0 Å². The second-order valence-electron chi connectivity index (χ2n) is 14.0. The number of carbonyl (C=O) groups is 1. The van der Waals surface area contributed by atoms with Gasteiger partial charge in [0.15, 0.2) is 0 Å². The number of Topliss-reactive ketones (excluding diaryl/α,β-unsaturated/α-hetero) is 1. The normalized spacial score (nSPS) is 22.0. The molecule has 0 amide bonds. The molecule has 0 aliphatic heterocycles. The van der Waals surface area contributed by atoms with Crippen molar-refractivity contribution in [1.29, 1.82) is 0 Å². The highest BCUT2D eigenvalue weighted by Gasteiger charge is 2.23. The average molecular weight is 603 g/mol. The van der Waals surface area contributed by atoms with Gasteiger partial charge >= 0.3 is 0 Å². The Labute approximate surface area is 269 Å². The fraction of sp³-hybridized carbons (Fsp3) is 0.683. The van der Waals surface area contributed by atoms with Crippen molar-refractivity contribution in [3.8, 4) is 11.5 Å². The van der Waals surface area contributed by atoms with Crippen molar-refractivity contribution in [1.82, 2.24) is 0 Å². The molecule has 0 aromatic heterocycles. The molecule has 0 spiro atoms. The minimum atomic E-state index is 0.502. The molecule has 0 unspecified atom stereocenters. The predicted molar refractivity (Wildman–Crippen MR) is 185 cm³/mol. The summed E-state index contributed by atoms with van der Waals surface area (Å²) in [6.45, 7) is 6.04. The molecule has 0 N–H and O–H groups in total. The largest absolute Gasteiger partial charge is 0.494 e. The zero-order valence-corrected chi connectivity index (χ0v) is 28.2. The Hall–Kier alpha value is -2.29. The molecule has 0 heterocycles. The van der Waals surface area contributed by atoms with Crippen LogP contribution in [0.5, 0.6) is 11.5 Å². The number of hydrogen-bond acceptors (Lipinski definition) is 3. The standard InChI is InChI=1S/C41H62O3/c1-3-5-31-43-40-27-23-37(24-28-40)35-19-15-33(16-20-35)11-7-9-13-39(42)14-10-8-12-34-17-21-36(22-18-34)38-25-29-41(30-26-38)44-32-6-4-2/h23-30,33-36H,3-22,31-32H2,1-2H3/t33-,34?,35-,36?. The maximum absolute atomic E-state index is 12.5. The average Bonchev–Trinajstić information content (AvgIpc) is 3.07. The Morgan fingerprint density at radius 2 is 0.932 bits per heavy atom. The SMILES string of the molecule is CCCCOc1ccc(C2CCC(CCCCC(=O)CCCC[C@H]3CC[C@H](c4ccc(OCCCC)cc4)CC3)CC2)cc1. The van der Waals surface area contributed by atoms with Crippen molar-refractivity contribution >= 4 is 5.78 Å². The van der Waals surface area contributed by atoms with Crippen molar-refractivity contribution in [3.63, 3.8) is 0 Å². The van der Waals surface area contributed by atoms with Gasteiger partial charge in [-0.3, -0.25) is 4.79 Å². The number of ketones is 1. The molecule has 2 saturated carbocycles. The maximum Gasteiger partial charge on any atom is 0.132 e. The van der Waals surface area contributed by atoms with E-state index in [2.05, 4.69) is 62.4 Å². The molecule has 2 aromatic carbocycles. The summed E-state index contributed by atoms with van der Waals surface area (Å²) in [7, 11) is 0. The zero-order chi connectivity index (χ0) is 30.8. The monoisotopic (exact) mass is 602 g/mol. The summed E-state index contributed by atoms with van der Waals surface area (Å²) in [5, 5.41) is 0. The van der Waals surface area contributed by atoms with Gasteiger partial charge in [0.2, 0.25) is 0 Å². The summed E-state index contributed by atoms with van der Waals surface area (Å²) in [6.07, 6.45) is 24.0. The summed E-state index contributed by atoms with van der Waals surface area (Å²) >= 11 is 0. The fourth-order valence-corrected chi connectivity index (χ4v) is 7.55. The van der Waals surface area contributed by atoms with E-state index in [1.54, 1.807) is 0 Å². The smallest absolute Gasteiger partial charge is 0.132 e. The van der Waals surface area contributed by atoms with Gasteiger partial charge in [-0.2, -0.15) is 0 Å². The number of rotatable bonds is 20. The molecule has 0 saturated heterocycles. The molecule has 0 bridgehead atoms. The lowest BCUT2D eigenvalue weighted by Gasteiger charge is -2.29. The summed E-state index contributed by atoms with van der Waals surface area (Å²) in [4.78, 5) is 12.5. The molecule has 0 atom stereocenters. The van der Waals surface area contributed by atoms with E-state index in [9.17, 15) is 4.79 Å². The molecule has 4 rings (SSSR count). The van der Waals surface area contributed by atoms with Crippen LogP contribution in [-0.4, -0.2) is 19.0 Å². The van der Waals surface area contributed by atoms with E-state index >= 15 is 0 Å². The van der Waals surface area contributed by atoms with Gasteiger partial charge in [0.25, 0.3) is 0 Å². The second kappa shape index (κ2) is 20.0. The van der Waals surface area contributed by atoms with E-state index in [0.717, 1.165) is 75.1 Å². The predicted octanol–water partition coefficient (Wildman–Crippen LogP) is 12.0. The van der Waals surface area contributed by atoms with Crippen molar-refractivity contribution in [2.24, 2.45) is 11.8 Å². The molecule has 2 aliphatic carbocycles. The molecular formula is C41H62O3. The first-order valence-corrected chi connectivity index (χ1v) is 18.6. The number of benzene rings is 2. The Balaban J connectivity index is 0.985. The molecule has 2 aromatic rings. The lowest BCUT2D eigenvalue weighted by atomic mass is 9.77. The van der Waals surface area contributed by atoms with Crippen molar-refractivity contribution in [3.05, 3.63) is 59.7 Å². The third-order valence-corrected chi connectivity index (χ3v) is 10.6. The molecule has 2 aliphatic rings. The maximum atomic E-state index is 12.5. The fourth-order valence-electron chi connectivity index (χ4n) is 7.55. The quantitative estimate of drug-likeness (QED) is 0.141. The van der Waals surface area contributed by atoms with Crippen LogP contribution in [0.15, 0.2) is 48.5 Å². The third-order valence-electron chi connectivity index (χ3n) is 10.6. The topological polar surface area (TPSA) is 35.5 Å². The second-order valence-corrected chi connectivity index (χ2v) is 14.0. The van der Waals surface area contributed by atoms with E-state index in [4.69, 9.17) is 9.47 Å². The molecule has 3 nitrogen and oxygen atoms in total. The Bertz CT molecular complexity index is 943. The van der Waals surface area contributed by atoms with E-state index in [-0.39, 0.29) is 0 Å². The molecule has 0 radical (unpaired) electrons. The van der Waals surface area contributed by atoms with Gasteiger partial charge < -0.3 is 9.47 Å². The van der Waals surface area contributed by atoms with Gasteiger partial charge in [0, 0.05) is 12.8 Å². The van der Waals surface area contributed by atoms with Gasteiger partial charge in [0.1, 0.15) is 17.3 Å². The first kappa shape index (κ1) is 34.6. The Morgan fingerprint density at radius 1 is 0.545 bits per heavy atom. The van der Waals surface area contributed by atoms with Gasteiger partial charge in [0.05, 0.1) is 13.2 Å². The number of ether oxygens (including phenoxy) is 2.